The summed E-state index contributed by atoms with van der Waals surface area (Å²) in [7, 11) is 1.70. The average molecular weight is 477 g/mol. The Bertz CT molecular complexity index is 1110. The van der Waals surface area contributed by atoms with E-state index in [1.807, 2.05) is 18.2 Å². The molecule has 1 aromatic heterocycles. The van der Waals surface area contributed by atoms with Crippen molar-refractivity contribution in [2.24, 2.45) is 11.8 Å². The maximum absolute atomic E-state index is 10.7. The Morgan fingerprint density at radius 3 is 2.37 bits per heavy atom. The fourth-order valence-corrected chi connectivity index (χ4v) is 5.20. The van der Waals surface area contributed by atoms with Crippen LogP contribution in [-0.4, -0.2) is 41.2 Å². The quantitative estimate of drug-likeness (QED) is 0.374. The van der Waals surface area contributed by atoms with Gasteiger partial charge in [-0.2, -0.15) is 5.10 Å². The number of hydrogen-bond donors (Lipinski definition) is 1. The van der Waals surface area contributed by atoms with Gasteiger partial charge in [0.1, 0.15) is 18.1 Å². The summed E-state index contributed by atoms with van der Waals surface area (Å²) in [5.74, 6) is 1.24. The summed E-state index contributed by atoms with van der Waals surface area (Å²) in [5.41, 5.74) is 5.69. The van der Waals surface area contributed by atoms with Crippen LogP contribution >= 0.6 is 0 Å². The lowest BCUT2D eigenvalue weighted by molar-refractivity contribution is -0.142. The van der Waals surface area contributed by atoms with E-state index in [1.54, 1.807) is 7.11 Å². The van der Waals surface area contributed by atoms with Gasteiger partial charge in [-0.1, -0.05) is 56.3 Å². The van der Waals surface area contributed by atoms with Crippen LogP contribution in [0.3, 0.4) is 0 Å². The lowest BCUT2D eigenvalue weighted by atomic mass is 9.82. The first kappa shape index (κ1) is 25.0. The van der Waals surface area contributed by atoms with Crippen LogP contribution in [0.5, 0.6) is 5.75 Å². The Hall–Kier alpha value is -3.12. The van der Waals surface area contributed by atoms with E-state index < -0.39 is 5.97 Å². The summed E-state index contributed by atoms with van der Waals surface area (Å²) < 4.78 is 13.1. The molecule has 3 aromatic rings. The second-order valence-electron chi connectivity index (χ2n) is 9.84. The largest absolute Gasteiger partial charge is 0.497 e. The number of carboxylic acids is 1. The molecule has 35 heavy (non-hydrogen) atoms. The van der Waals surface area contributed by atoms with E-state index in [4.69, 9.17) is 19.7 Å². The lowest BCUT2D eigenvalue weighted by Gasteiger charge is -2.29. The maximum Gasteiger partial charge on any atom is 0.329 e. The van der Waals surface area contributed by atoms with Gasteiger partial charge >= 0.3 is 5.97 Å². The monoisotopic (exact) mass is 476 g/mol. The molecule has 6 heteroatoms. The van der Waals surface area contributed by atoms with Crippen molar-refractivity contribution in [3.8, 4) is 28.1 Å². The molecule has 6 nitrogen and oxygen atoms in total. The van der Waals surface area contributed by atoms with Crippen molar-refractivity contribution in [1.82, 2.24) is 9.78 Å². The zero-order valence-electron chi connectivity index (χ0n) is 20.9. The minimum absolute atomic E-state index is 0.208. The molecule has 0 bridgehead atoms. The number of carboxylic acid groups (broad SMARTS) is 1. The molecular weight excluding hydrogens is 440 g/mol. The van der Waals surface area contributed by atoms with E-state index in [2.05, 4.69) is 54.9 Å². The highest BCUT2D eigenvalue weighted by molar-refractivity contribution is 5.83. The van der Waals surface area contributed by atoms with Gasteiger partial charge in [-0.05, 0) is 61.1 Å². The van der Waals surface area contributed by atoms with Crippen molar-refractivity contribution >= 4 is 5.97 Å². The second-order valence-corrected chi connectivity index (χ2v) is 9.84. The highest BCUT2D eigenvalue weighted by Gasteiger charge is 2.27. The molecule has 1 heterocycles. The van der Waals surface area contributed by atoms with Gasteiger partial charge in [-0.15, -0.1) is 0 Å². The highest BCUT2D eigenvalue weighted by atomic mass is 16.5. The topological polar surface area (TPSA) is 73.6 Å². The second kappa shape index (κ2) is 11.5. The standard InChI is InChI=1S/C29H36N2O4/c1-20(2)29-27(24-10-7-11-25(16-24)34-3)28(23-8-5-4-6-9-23)30-31(29)17-21-12-14-22(15-13-21)18-35-19-26(32)33/h4-11,16,20-22H,12-15,17-19H2,1-3H3,(H,32,33)/t21-,22+. The summed E-state index contributed by atoms with van der Waals surface area (Å²) in [4.78, 5) is 10.7. The number of nitrogens with zero attached hydrogens (tertiary/aromatic N) is 2. The van der Waals surface area contributed by atoms with Gasteiger partial charge in [0.05, 0.1) is 13.7 Å². The average Bonchev–Trinajstić information content (AvgIpc) is 3.25. The van der Waals surface area contributed by atoms with Crippen LogP contribution in [0.1, 0.15) is 51.1 Å². The maximum atomic E-state index is 10.7. The Labute approximate surface area is 207 Å². The van der Waals surface area contributed by atoms with Crippen molar-refractivity contribution < 1.29 is 19.4 Å². The number of ether oxygens (including phenoxy) is 2. The molecule has 0 amide bonds. The van der Waals surface area contributed by atoms with Gasteiger partial charge < -0.3 is 14.6 Å². The Morgan fingerprint density at radius 2 is 1.71 bits per heavy atom. The molecule has 0 atom stereocenters. The van der Waals surface area contributed by atoms with Gasteiger partial charge in [0, 0.05) is 23.4 Å². The van der Waals surface area contributed by atoms with Crippen LogP contribution in [0.25, 0.3) is 22.4 Å². The fraction of sp³-hybridized carbons (Fsp3) is 0.448. The third kappa shape index (κ3) is 6.12. The van der Waals surface area contributed by atoms with Crippen molar-refractivity contribution in [3.63, 3.8) is 0 Å². The Balaban J connectivity index is 1.62. The van der Waals surface area contributed by atoms with Gasteiger partial charge in [-0.25, -0.2) is 4.79 Å². The molecule has 0 saturated heterocycles. The number of hydrogen-bond acceptors (Lipinski definition) is 4. The van der Waals surface area contributed by atoms with Crippen LogP contribution in [0.2, 0.25) is 0 Å². The van der Waals surface area contributed by atoms with Crippen molar-refractivity contribution in [2.75, 3.05) is 20.3 Å². The van der Waals surface area contributed by atoms with E-state index >= 15 is 0 Å². The van der Waals surface area contributed by atoms with Gasteiger partial charge in [0.15, 0.2) is 0 Å². The van der Waals surface area contributed by atoms with Crippen molar-refractivity contribution in [3.05, 3.63) is 60.3 Å². The van der Waals surface area contributed by atoms with E-state index in [0.29, 0.717) is 24.4 Å². The summed E-state index contributed by atoms with van der Waals surface area (Å²) >= 11 is 0. The first-order valence-electron chi connectivity index (χ1n) is 12.6. The van der Waals surface area contributed by atoms with E-state index in [-0.39, 0.29) is 6.61 Å². The normalized spacial score (nSPS) is 18.1. The van der Waals surface area contributed by atoms with Crippen molar-refractivity contribution in [1.29, 1.82) is 0 Å². The molecular formula is C29H36N2O4. The summed E-state index contributed by atoms with van der Waals surface area (Å²) in [6, 6.07) is 18.7. The molecule has 1 fully saturated rings. The molecule has 1 N–H and O–H groups in total. The minimum atomic E-state index is -0.903. The van der Waals surface area contributed by atoms with Crippen LogP contribution < -0.4 is 4.74 Å². The number of aromatic nitrogens is 2. The molecule has 0 radical (unpaired) electrons. The summed E-state index contributed by atoms with van der Waals surface area (Å²) in [6.07, 6.45) is 4.34. The van der Waals surface area contributed by atoms with E-state index in [0.717, 1.165) is 54.8 Å². The number of rotatable bonds is 10. The molecule has 2 aromatic carbocycles. The van der Waals surface area contributed by atoms with Crippen LogP contribution in [0.15, 0.2) is 54.6 Å². The lowest BCUT2D eigenvalue weighted by Crippen LogP contribution is -2.24. The third-order valence-corrected chi connectivity index (χ3v) is 6.92. The smallest absolute Gasteiger partial charge is 0.329 e. The number of carbonyl (C=O) groups is 1. The number of methoxy groups -OCH3 is 1. The first-order valence-corrected chi connectivity index (χ1v) is 12.6. The summed E-state index contributed by atoms with van der Waals surface area (Å²) in [6.45, 7) is 5.70. The highest BCUT2D eigenvalue weighted by Crippen LogP contribution is 2.40. The minimum Gasteiger partial charge on any atom is -0.497 e. The predicted octanol–water partition coefficient (Wildman–Crippen LogP) is 6.26. The zero-order valence-corrected chi connectivity index (χ0v) is 20.9. The van der Waals surface area contributed by atoms with Crippen LogP contribution in [-0.2, 0) is 16.1 Å². The molecule has 1 aliphatic carbocycles. The SMILES string of the molecule is COc1cccc(-c2c(-c3ccccc3)nn(C[C@H]3CC[C@@H](COCC(=O)O)CC3)c2C(C)C)c1. The Morgan fingerprint density at radius 1 is 1.03 bits per heavy atom. The zero-order chi connectivity index (χ0) is 24.8. The van der Waals surface area contributed by atoms with Crippen molar-refractivity contribution in [2.45, 2.75) is 52.0 Å². The fourth-order valence-electron chi connectivity index (χ4n) is 5.20. The number of aliphatic carboxylic acids is 1. The van der Waals surface area contributed by atoms with E-state index in [1.165, 1.54) is 11.3 Å². The van der Waals surface area contributed by atoms with Crippen LogP contribution in [0, 0.1) is 11.8 Å². The molecule has 1 saturated carbocycles. The number of benzene rings is 2. The predicted molar refractivity (Wildman–Crippen MR) is 138 cm³/mol. The molecule has 1 aliphatic rings. The van der Waals surface area contributed by atoms with Gasteiger partial charge in [0.2, 0.25) is 0 Å². The Kier molecular flexibility index (Phi) is 8.24. The molecule has 0 spiro atoms. The van der Waals surface area contributed by atoms with Crippen LogP contribution in [0.4, 0.5) is 0 Å². The van der Waals surface area contributed by atoms with Gasteiger partial charge in [-0.3, -0.25) is 4.68 Å². The first-order chi connectivity index (χ1) is 17.0. The summed E-state index contributed by atoms with van der Waals surface area (Å²) in [5, 5.41) is 14.0. The molecule has 4 rings (SSSR count). The molecule has 0 unspecified atom stereocenters. The molecule has 186 valence electrons. The van der Waals surface area contributed by atoms with E-state index in [9.17, 15) is 4.79 Å². The van der Waals surface area contributed by atoms with Gasteiger partial charge in [0.25, 0.3) is 0 Å². The molecule has 0 aliphatic heterocycles. The third-order valence-electron chi connectivity index (χ3n) is 6.92.